The number of aryl methyl sites for hydroxylation is 2. The first-order chi connectivity index (χ1) is 18.8. The van der Waals surface area contributed by atoms with Gasteiger partial charge in [0, 0.05) is 28.7 Å². The van der Waals surface area contributed by atoms with Crippen LogP contribution in [0.25, 0.3) is 22.3 Å². The molecule has 0 unspecified atom stereocenters. The molecular weight excluding hydrogens is 492 g/mol. The van der Waals surface area contributed by atoms with Gasteiger partial charge in [-0.1, -0.05) is 38.0 Å². The predicted octanol–water partition coefficient (Wildman–Crippen LogP) is 6.97. The summed E-state index contributed by atoms with van der Waals surface area (Å²) in [6, 6.07) is 21.5. The van der Waals surface area contributed by atoms with Crippen molar-refractivity contribution in [3.8, 4) is 17.1 Å². The van der Waals surface area contributed by atoms with Crippen molar-refractivity contribution in [1.29, 1.82) is 0 Å². The zero-order valence-corrected chi connectivity index (χ0v) is 22.8. The van der Waals surface area contributed by atoms with E-state index in [1.807, 2.05) is 30.3 Å². The third-order valence-corrected chi connectivity index (χ3v) is 6.68. The predicted molar refractivity (Wildman–Crippen MR) is 155 cm³/mol. The molecule has 0 bridgehead atoms. The number of carbonyl (C=O) groups excluding carboxylic acids is 1. The van der Waals surface area contributed by atoms with Gasteiger partial charge in [-0.05, 0) is 79.9 Å². The molecule has 0 fully saturated rings. The molecule has 4 rings (SSSR count). The Bertz CT molecular complexity index is 1370. The van der Waals surface area contributed by atoms with E-state index in [1.54, 1.807) is 12.1 Å². The van der Waals surface area contributed by atoms with Crippen LogP contribution in [0.15, 0.2) is 71.1 Å². The minimum Gasteiger partial charge on any atom is -0.491 e. The lowest BCUT2D eigenvalue weighted by Gasteiger charge is -2.21. The second kappa shape index (κ2) is 13.0. The highest BCUT2D eigenvalue weighted by atomic mass is 16.5. The van der Waals surface area contributed by atoms with Gasteiger partial charge in [0.05, 0.1) is 12.5 Å². The van der Waals surface area contributed by atoms with E-state index in [2.05, 4.69) is 55.7 Å². The van der Waals surface area contributed by atoms with Crippen LogP contribution in [0.2, 0.25) is 0 Å². The Morgan fingerprint density at radius 3 is 2.38 bits per heavy atom. The fraction of sp³-hybridized carbons (Fsp3) is 0.312. The number of unbranched alkanes of at least 4 members (excludes halogenated alkanes) is 1. The maximum absolute atomic E-state index is 12.2. The first-order valence-corrected chi connectivity index (χ1v) is 13.4. The quantitative estimate of drug-likeness (QED) is 0.173. The van der Waals surface area contributed by atoms with Gasteiger partial charge in [-0.3, -0.25) is 9.59 Å². The molecule has 0 saturated carbocycles. The number of furan rings is 1. The standard InChI is InChI=1S/C32H36N2O5/c1-4-5-9-26(34-25-13-11-23(12-14-25)32(37)33-16-15-30(35)36)20-38-27-17-21(2)31(22(3)18-27)29-19-24-8-6-7-10-28(24)39-29/h6-8,10-14,17-19,26,34H,4-5,9,15-16,20H2,1-3H3,(H,33,37)(H,35,36)/t26-/m0/s1. The fourth-order valence-corrected chi connectivity index (χ4v) is 4.68. The van der Waals surface area contributed by atoms with Crippen LogP contribution >= 0.6 is 0 Å². The van der Waals surface area contributed by atoms with Crippen LogP contribution in [0.5, 0.6) is 5.75 Å². The summed E-state index contributed by atoms with van der Waals surface area (Å²) in [5.41, 5.74) is 5.55. The average Bonchev–Trinajstić information content (AvgIpc) is 3.33. The number of rotatable bonds is 13. The highest BCUT2D eigenvalue weighted by molar-refractivity contribution is 5.94. The molecule has 7 nitrogen and oxygen atoms in total. The van der Waals surface area contributed by atoms with E-state index in [0.29, 0.717) is 12.2 Å². The summed E-state index contributed by atoms with van der Waals surface area (Å²) in [5, 5.41) is 16.0. The van der Waals surface area contributed by atoms with E-state index >= 15 is 0 Å². The van der Waals surface area contributed by atoms with Gasteiger partial charge in [0.2, 0.25) is 0 Å². The van der Waals surface area contributed by atoms with E-state index in [1.165, 1.54) is 0 Å². The fourth-order valence-electron chi connectivity index (χ4n) is 4.68. The lowest BCUT2D eigenvalue weighted by atomic mass is 10.00. The number of aliphatic carboxylic acids is 1. The molecule has 3 N–H and O–H groups in total. The molecule has 0 spiro atoms. The Morgan fingerprint density at radius 2 is 1.72 bits per heavy atom. The van der Waals surface area contributed by atoms with Crippen molar-refractivity contribution in [3.63, 3.8) is 0 Å². The number of ether oxygens (including phenoxy) is 1. The van der Waals surface area contributed by atoms with E-state index in [0.717, 1.165) is 64.1 Å². The Hall–Kier alpha value is -4.26. The molecule has 4 aromatic rings. The monoisotopic (exact) mass is 528 g/mol. The Morgan fingerprint density at radius 1 is 1.00 bits per heavy atom. The molecule has 1 aromatic heterocycles. The first kappa shape index (κ1) is 27.8. The van der Waals surface area contributed by atoms with Crippen molar-refractivity contribution < 1.29 is 23.8 Å². The molecule has 0 aliphatic heterocycles. The normalized spacial score (nSPS) is 11.8. The van der Waals surface area contributed by atoms with Crippen LogP contribution < -0.4 is 15.4 Å². The number of carbonyl (C=O) groups is 2. The molecule has 0 aliphatic rings. The number of hydrogen-bond donors (Lipinski definition) is 3. The summed E-state index contributed by atoms with van der Waals surface area (Å²) in [6.45, 7) is 6.92. The highest BCUT2D eigenvalue weighted by Gasteiger charge is 2.15. The van der Waals surface area contributed by atoms with E-state index in [9.17, 15) is 9.59 Å². The molecule has 1 atom stereocenters. The topological polar surface area (TPSA) is 101 Å². The minimum atomic E-state index is -0.942. The van der Waals surface area contributed by atoms with Gasteiger partial charge in [0.15, 0.2) is 0 Å². The third kappa shape index (κ3) is 7.41. The minimum absolute atomic E-state index is 0.0934. The molecule has 1 amide bonds. The van der Waals surface area contributed by atoms with Crippen LogP contribution in [0.3, 0.4) is 0 Å². The van der Waals surface area contributed by atoms with Gasteiger partial charge in [-0.2, -0.15) is 0 Å². The zero-order valence-electron chi connectivity index (χ0n) is 22.8. The maximum atomic E-state index is 12.2. The Labute approximate surface area is 229 Å². The van der Waals surface area contributed by atoms with E-state index < -0.39 is 5.97 Å². The lowest BCUT2D eigenvalue weighted by molar-refractivity contribution is -0.136. The van der Waals surface area contributed by atoms with Crippen LogP contribution in [-0.2, 0) is 4.79 Å². The van der Waals surface area contributed by atoms with Crippen molar-refractivity contribution >= 4 is 28.5 Å². The van der Waals surface area contributed by atoms with Gasteiger partial charge in [0.25, 0.3) is 5.91 Å². The Kier molecular flexibility index (Phi) is 9.26. The van der Waals surface area contributed by atoms with Crippen molar-refractivity contribution in [2.75, 3.05) is 18.5 Å². The molecule has 3 aromatic carbocycles. The van der Waals surface area contributed by atoms with Crippen LogP contribution in [-0.4, -0.2) is 36.2 Å². The number of hydrogen-bond acceptors (Lipinski definition) is 5. The van der Waals surface area contributed by atoms with Crippen LogP contribution in [0, 0.1) is 13.8 Å². The highest BCUT2D eigenvalue weighted by Crippen LogP contribution is 2.34. The average molecular weight is 529 g/mol. The third-order valence-electron chi connectivity index (χ3n) is 6.68. The van der Waals surface area contributed by atoms with E-state index in [-0.39, 0.29) is 24.9 Å². The number of carboxylic acids is 1. The number of anilines is 1. The smallest absolute Gasteiger partial charge is 0.305 e. The number of carboxylic acid groups (broad SMARTS) is 1. The SMILES string of the molecule is CCCC[C@@H](COc1cc(C)c(-c2cc3ccccc3o2)c(C)c1)Nc1ccc(C(=O)NCCC(=O)O)cc1. The summed E-state index contributed by atoms with van der Waals surface area (Å²) >= 11 is 0. The lowest BCUT2D eigenvalue weighted by Crippen LogP contribution is -2.27. The summed E-state index contributed by atoms with van der Waals surface area (Å²) in [4.78, 5) is 22.9. The van der Waals surface area contributed by atoms with Crippen molar-refractivity contribution in [1.82, 2.24) is 5.32 Å². The number of benzene rings is 3. The molecule has 1 heterocycles. The Balaban J connectivity index is 1.40. The van der Waals surface area contributed by atoms with Crippen LogP contribution in [0.1, 0.15) is 54.1 Å². The van der Waals surface area contributed by atoms with Crippen molar-refractivity contribution in [3.05, 3.63) is 83.4 Å². The zero-order chi connectivity index (χ0) is 27.8. The van der Waals surface area contributed by atoms with E-state index in [4.69, 9.17) is 14.3 Å². The summed E-state index contributed by atoms with van der Waals surface area (Å²) in [6.07, 6.45) is 2.99. The number of nitrogens with one attached hydrogen (secondary N) is 2. The molecule has 204 valence electrons. The second-order valence-electron chi connectivity index (χ2n) is 9.85. The van der Waals surface area contributed by atoms with Crippen molar-refractivity contribution in [2.45, 2.75) is 52.5 Å². The van der Waals surface area contributed by atoms with Crippen molar-refractivity contribution in [2.24, 2.45) is 0 Å². The van der Waals surface area contributed by atoms with Gasteiger partial charge >= 0.3 is 5.97 Å². The molecule has 0 radical (unpaired) electrons. The molecule has 0 aliphatic carbocycles. The number of fused-ring (bicyclic) bond motifs is 1. The molecule has 0 saturated heterocycles. The van der Waals surface area contributed by atoms with Gasteiger partial charge < -0.3 is 24.9 Å². The first-order valence-electron chi connectivity index (χ1n) is 13.4. The van der Waals surface area contributed by atoms with Gasteiger partial charge in [-0.15, -0.1) is 0 Å². The largest absolute Gasteiger partial charge is 0.491 e. The maximum Gasteiger partial charge on any atom is 0.305 e. The number of amides is 1. The molecule has 39 heavy (non-hydrogen) atoms. The summed E-state index contributed by atoms with van der Waals surface area (Å²) in [7, 11) is 0. The van der Waals surface area contributed by atoms with Gasteiger partial charge in [-0.25, -0.2) is 0 Å². The number of para-hydroxylation sites is 1. The second-order valence-corrected chi connectivity index (χ2v) is 9.85. The summed E-state index contributed by atoms with van der Waals surface area (Å²) < 4.78 is 12.4. The molecular formula is C32H36N2O5. The van der Waals surface area contributed by atoms with Crippen LogP contribution in [0.4, 0.5) is 5.69 Å². The van der Waals surface area contributed by atoms with Gasteiger partial charge in [0.1, 0.15) is 23.7 Å². The summed E-state index contributed by atoms with van der Waals surface area (Å²) in [5.74, 6) is 0.453. The molecule has 7 heteroatoms.